The van der Waals surface area contributed by atoms with E-state index in [1.54, 1.807) is 23.8 Å². The fourth-order valence-electron chi connectivity index (χ4n) is 8.46. The summed E-state index contributed by atoms with van der Waals surface area (Å²) in [6.07, 6.45) is 10.7. The van der Waals surface area contributed by atoms with E-state index in [9.17, 15) is 13.5 Å². The highest BCUT2D eigenvalue weighted by Crippen LogP contribution is 2.64. The van der Waals surface area contributed by atoms with Gasteiger partial charge in [0, 0.05) is 0 Å². The Kier molecular flexibility index (Phi) is 5.60. The van der Waals surface area contributed by atoms with Crippen molar-refractivity contribution in [2.75, 3.05) is 0 Å². The van der Waals surface area contributed by atoms with Gasteiger partial charge in [-0.25, -0.2) is 12.8 Å². The van der Waals surface area contributed by atoms with E-state index in [0.717, 1.165) is 31.1 Å². The van der Waals surface area contributed by atoms with Crippen molar-refractivity contribution in [3.05, 3.63) is 42.0 Å². The second-order valence-electron chi connectivity index (χ2n) is 11.3. The molecule has 1 N–H and O–H groups in total. The van der Waals surface area contributed by atoms with Crippen LogP contribution in [0, 0.1) is 35.0 Å². The highest BCUT2D eigenvalue weighted by molar-refractivity contribution is 7.92. The molecule has 32 heavy (non-hydrogen) atoms. The molecule has 8 atom stereocenters. The number of fused-ring (bicyclic) bond motifs is 5. The minimum atomic E-state index is -4.21. The summed E-state index contributed by atoms with van der Waals surface area (Å²) in [6, 6.07) is 7.74. The number of allylic oxidation sites excluding steroid dienone is 2. The molecule has 0 bridgehead atoms. The maximum Gasteiger partial charge on any atom is 0.233 e. The molecule has 5 rings (SSSR count). The first-order chi connectivity index (χ1) is 15.2. The molecule has 4 aliphatic carbocycles. The molecule has 0 amide bonds. The summed E-state index contributed by atoms with van der Waals surface area (Å²) in [5.41, 5.74) is -2.05. The number of alkyl halides is 1. The van der Waals surface area contributed by atoms with Gasteiger partial charge in [0.25, 0.3) is 0 Å². The zero-order chi connectivity index (χ0) is 22.7. The Labute approximate surface area is 192 Å². The summed E-state index contributed by atoms with van der Waals surface area (Å²) in [7, 11) is -4.21. The van der Waals surface area contributed by atoms with Crippen LogP contribution in [0.4, 0.5) is 4.39 Å². The van der Waals surface area contributed by atoms with E-state index in [2.05, 4.69) is 19.9 Å². The minimum absolute atomic E-state index is 0.0423. The smallest absolute Gasteiger partial charge is 0.233 e. The summed E-state index contributed by atoms with van der Waals surface area (Å²) in [5.74, 6) is 2.86. The van der Waals surface area contributed by atoms with Crippen molar-refractivity contribution in [3.8, 4) is 0 Å². The highest BCUT2D eigenvalue weighted by atomic mass is 32.2. The monoisotopic (exact) mass is 460 g/mol. The second-order valence-corrected chi connectivity index (χ2v) is 13.2. The Morgan fingerprint density at radius 3 is 2.47 bits per heavy atom. The third kappa shape index (κ3) is 3.33. The van der Waals surface area contributed by atoms with Crippen LogP contribution < -0.4 is 0 Å². The summed E-state index contributed by atoms with van der Waals surface area (Å²) < 4.78 is 41.3. The van der Waals surface area contributed by atoms with Gasteiger partial charge >= 0.3 is 0 Å². The lowest BCUT2D eigenvalue weighted by molar-refractivity contribution is -0.111. The first-order valence-corrected chi connectivity index (χ1v) is 14.1. The summed E-state index contributed by atoms with van der Waals surface area (Å²) in [4.78, 5) is -0.0423. The molecule has 176 valence electrons. The van der Waals surface area contributed by atoms with Crippen LogP contribution in [0.25, 0.3) is 0 Å². The van der Waals surface area contributed by atoms with Gasteiger partial charge in [0.2, 0.25) is 15.3 Å². The van der Waals surface area contributed by atoms with Gasteiger partial charge in [-0.1, -0.05) is 36.8 Å². The molecule has 3 nitrogen and oxygen atoms in total. The molecule has 4 fully saturated rings. The van der Waals surface area contributed by atoms with Crippen molar-refractivity contribution in [2.24, 2.45) is 35.0 Å². The van der Waals surface area contributed by atoms with E-state index >= 15 is 4.39 Å². The summed E-state index contributed by atoms with van der Waals surface area (Å²) in [6.45, 7) is 4.66. The Balaban J connectivity index is 1.34. The van der Waals surface area contributed by atoms with E-state index in [0.29, 0.717) is 17.3 Å². The van der Waals surface area contributed by atoms with E-state index in [-0.39, 0.29) is 23.7 Å². The molecular formula is C27H37FO3S. The number of rotatable bonds is 3. The average Bonchev–Trinajstić information content (AvgIpc) is 3.15. The molecule has 1 aromatic rings. The van der Waals surface area contributed by atoms with Gasteiger partial charge in [-0.3, -0.25) is 0 Å². The van der Waals surface area contributed by atoms with Gasteiger partial charge < -0.3 is 5.11 Å². The van der Waals surface area contributed by atoms with Gasteiger partial charge in [0.05, 0.1) is 4.90 Å². The molecule has 0 aliphatic heterocycles. The van der Waals surface area contributed by atoms with Gasteiger partial charge in [0.15, 0.2) is 0 Å². The van der Waals surface area contributed by atoms with Crippen LogP contribution >= 0.6 is 0 Å². The first kappa shape index (κ1) is 22.6. The van der Waals surface area contributed by atoms with E-state index < -0.39 is 20.9 Å². The van der Waals surface area contributed by atoms with Crippen LogP contribution in [0.5, 0.6) is 0 Å². The number of benzene rings is 1. The molecule has 1 aromatic carbocycles. The molecule has 5 heteroatoms. The Hall–Kier alpha value is -1.20. The molecular weight excluding hydrogens is 423 g/mol. The van der Waals surface area contributed by atoms with Gasteiger partial charge in [0.1, 0.15) is 5.60 Å². The fourth-order valence-corrected chi connectivity index (χ4v) is 10.0. The third-order valence-electron chi connectivity index (χ3n) is 10.0. The lowest BCUT2D eigenvalue weighted by Crippen LogP contribution is -2.54. The Morgan fingerprint density at radius 1 is 1.03 bits per heavy atom. The van der Waals surface area contributed by atoms with Crippen LogP contribution in [-0.2, 0) is 9.84 Å². The molecule has 4 saturated carbocycles. The summed E-state index contributed by atoms with van der Waals surface area (Å²) >= 11 is 0. The van der Waals surface area contributed by atoms with Crippen LogP contribution in [0.3, 0.4) is 0 Å². The van der Waals surface area contributed by atoms with Crippen LogP contribution in [0.1, 0.15) is 71.6 Å². The van der Waals surface area contributed by atoms with E-state index in [1.807, 2.05) is 0 Å². The minimum Gasteiger partial charge on any atom is -0.386 e. The van der Waals surface area contributed by atoms with Gasteiger partial charge in [-0.15, -0.1) is 0 Å². The topological polar surface area (TPSA) is 54.4 Å². The maximum atomic E-state index is 15.5. The predicted octanol–water partition coefficient (Wildman–Crippen LogP) is 6.09. The zero-order valence-corrected chi connectivity index (χ0v) is 20.2. The molecule has 0 spiro atoms. The number of aliphatic hydroxyl groups is 1. The quantitative estimate of drug-likeness (QED) is 0.556. The summed E-state index contributed by atoms with van der Waals surface area (Å²) in [5, 5.41) is 11.3. The number of sulfone groups is 1. The predicted molar refractivity (Wildman–Crippen MR) is 124 cm³/mol. The molecule has 1 unspecified atom stereocenters. The Morgan fingerprint density at radius 2 is 1.75 bits per heavy atom. The molecule has 0 aromatic heterocycles. The van der Waals surface area contributed by atoms with Crippen molar-refractivity contribution in [3.63, 3.8) is 0 Å². The van der Waals surface area contributed by atoms with Crippen molar-refractivity contribution in [2.45, 2.75) is 87.6 Å². The number of hydrogen-bond donors (Lipinski definition) is 1. The molecule has 0 saturated heterocycles. The maximum absolute atomic E-state index is 15.5. The first-order valence-electron chi connectivity index (χ1n) is 12.5. The largest absolute Gasteiger partial charge is 0.386 e. The van der Waals surface area contributed by atoms with E-state index in [4.69, 9.17) is 0 Å². The van der Waals surface area contributed by atoms with E-state index in [1.165, 1.54) is 37.8 Å². The standard InChI is InChI=1S/C27H37FO3S/c1-3-19-10-12-24-23-11-9-18-17-27(29,16-14-21(18)22(23)13-15-26(19,24)2)25(28)32(30,31)20-7-5-4-6-8-20/h3-8,18,21-25,29H,9-17H2,1-2H3/t18-,21+,22-,23-,24+,25?,26-,27+/m1/s1. The normalized spacial score (nSPS) is 43.9. The lowest BCUT2D eigenvalue weighted by Gasteiger charge is -2.56. The van der Waals surface area contributed by atoms with Crippen molar-refractivity contribution in [1.82, 2.24) is 0 Å². The van der Waals surface area contributed by atoms with Crippen LogP contribution in [0.15, 0.2) is 46.9 Å². The number of hydrogen-bond acceptors (Lipinski definition) is 3. The average molecular weight is 461 g/mol. The third-order valence-corrected chi connectivity index (χ3v) is 11.9. The van der Waals surface area contributed by atoms with Gasteiger partial charge in [-0.05, 0) is 112 Å². The fraction of sp³-hybridized carbons (Fsp3) is 0.704. The van der Waals surface area contributed by atoms with Crippen LogP contribution in [-0.4, -0.2) is 24.6 Å². The lowest BCUT2D eigenvalue weighted by atomic mass is 9.49. The SMILES string of the molecule is CC=C1CC[C@H]2[C@@H]3CC[C@@H]4C[C@](O)(C(F)S(=O)(=O)c5ccccc5)CC[C@@H]4[C@H]3CC[C@]12C. The molecule has 0 heterocycles. The number of halogens is 1. The highest BCUT2D eigenvalue weighted by Gasteiger charge is 2.58. The second kappa shape index (κ2) is 7.94. The molecule has 0 radical (unpaired) electrons. The zero-order valence-electron chi connectivity index (χ0n) is 19.3. The van der Waals surface area contributed by atoms with Crippen molar-refractivity contribution >= 4 is 9.84 Å². The van der Waals surface area contributed by atoms with Crippen molar-refractivity contribution < 1.29 is 17.9 Å². The van der Waals surface area contributed by atoms with Crippen molar-refractivity contribution in [1.29, 1.82) is 0 Å². The Bertz CT molecular complexity index is 989. The van der Waals surface area contributed by atoms with Crippen LogP contribution in [0.2, 0.25) is 0 Å². The van der Waals surface area contributed by atoms with Gasteiger partial charge in [-0.2, -0.15) is 0 Å². The molecule has 4 aliphatic rings.